The summed E-state index contributed by atoms with van der Waals surface area (Å²) in [5.41, 5.74) is 0. The molecule has 5 rings (SSSR count). The Labute approximate surface area is 608 Å². The van der Waals surface area contributed by atoms with Crippen LogP contribution in [-0.2, 0) is 62.3 Å². The van der Waals surface area contributed by atoms with Crippen molar-refractivity contribution in [2.75, 3.05) is 95.3 Å². The number of alkyl halides is 4. The zero-order chi connectivity index (χ0) is 76.0. The first-order valence-electron chi connectivity index (χ1n) is 37.5. The number of ether oxygens (including phenoxy) is 1. The molecule has 25 nitrogen and oxygen atoms in total. The molecule has 0 aromatic heterocycles. The average Bonchev–Trinajstić information content (AvgIpc) is 0.870. The smallest absolute Gasteiger partial charge is 0.379 e. The Morgan fingerprint density at radius 1 is 0.539 bits per heavy atom. The van der Waals surface area contributed by atoms with Crippen LogP contribution in [0.2, 0.25) is 0 Å². The summed E-state index contributed by atoms with van der Waals surface area (Å²) in [6.07, 6.45) is 4.82. The van der Waals surface area contributed by atoms with Crippen molar-refractivity contribution >= 4 is 82.5 Å². The van der Waals surface area contributed by atoms with Crippen LogP contribution in [0.25, 0.3) is 0 Å². The van der Waals surface area contributed by atoms with E-state index in [1.807, 2.05) is 34.6 Å². The van der Waals surface area contributed by atoms with Crippen molar-refractivity contribution < 1.29 is 75.4 Å². The Balaban J connectivity index is 1.62. The number of carbonyl (C=O) groups excluding carboxylic acids is 12. The number of halogens is 4. The lowest BCUT2D eigenvalue weighted by atomic mass is 9.79. The van der Waals surface area contributed by atoms with Gasteiger partial charge in [-0.1, -0.05) is 80.1 Å². The number of amides is 12. The van der Waals surface area contributed by atoms with Crippen molar-refractivity contribution in [3.8, 4) is 0 Å². The standard InChI is InChI=1S/C73H122ClF3N12O13/c1-15-47(6)64-72(101)84(10)42-62(92)82(8)43-63(93)86(12)58(39-51-25-30-53(74)31-26-51)70(99)83(9)41-60(90)78-54(32-27-49-23-28-52(29-24-49)73(75,76)77)66(95)80-56(44-102-36-33-45(2)3)68(97)88(14)59(38-50-21-17-16-18-22-50)71(100)87(13)57(37-46(4)5)67(96)79-55(69(98)89-34-19-20-35-89)40-61(91)85(11)48(7)65(94)81-64/h45-59,64H,15-44H2,1-14H3,(H,78,90)(H,79,96)(H,80,95)(H,81,94)/t47-,48-,49?,51?,52?,53?,54-,55-,56-,57-,58-,59-,64-/m0/s1. The third-order valence-corrected chi connectivity index (χ3v) is 22.5. The van der Waals surface area contributed by atoms with Gasteiger partial charge in [0.15, 0.2) is 0 Å². The third kappa shape index (κ3) is 25.8. The number of carbonyl (C=O) groups is 12. The number of hydrogen-bond donors (Lipinski definition) is 4. The summed E-state index contributed by atoms with van der Waals surface area (Å²) in [7, 11) is 9.78. The van der Waals surface area contributed by atoms with Gasteiger partial charge >= 0.3 is 6.18 Å². The first-order chi connectivity index (χ1) is 47.9. The minimum Gasteiger partial charge on any atom is -0.379 e. The maximum Gasteiger partial charge on any atom is 0.391 e. The molecular formula is C73H122ClF3N12O13. The molecule has 2 heterocycles. The van der Waals surface area contributed by atoms with E-state index in [4.69, 9.17) is 16.3 Å². The normalized spacial score (nSPS) is 29.2. The second-order valence-corrected chi connectivity index (χ2v) is 31.6. The first-order valence-corrected chi connectivity index (χ1v) is 37.9. The molecule has 102 heavy (non-hydrogen) atoms. The molecule has 0 radical (unpaired) electrons. The molecule has 0 bridgehead atoms. The minimum absolute atomic E-state index is 0.0437. The molecule has 0 unspecified atom stereocenters. The van der Waals surface area contributed by atoms with E-state index in [9.17, 15) is 51.5 Å². The summed E-state index contributed by atoms with van der Waals surface area (Å²) >= 11 is 6.51. The summed E-state index contributed by atoms with van der Waals surface area (Å²) < 4.78 is 47.9. The van der Waals surface area contributed by atoms with Gasteiger partial charge in [-0.25, -0.2) is 0 Å². The number of rotatable bonds is 17. The van der Waals surface area contributed by atoms with Crippen LogP contribution >= 0.6 is 11.6 Å². The zero-order valence-electron chi connectivity index (χ0n) is 63.3. The van der Waals surface area contributed by atoms with E-state index >= 15 is 19.2 Å². The van der Waals surface area contributed by atoms with E-state index in [1.54, 1.807) is 11.8 Å². The van der Waals surface area contributed by atoms with Gasteiger partial charge < -0.3 is 65.2 Å². The SMILES string of the molecule is CC[C@H](C)[C@@H]1NC(=O)[C@H](C)N(C)C(=O)C[C@@H](C(=O)N2CCCC2)NC(=O)[C@H](CC(C)C)N(C)C(=O)[C@H](CC2CCCCC2)N(C)C(=O)[C@H](COCCC(C)C)NC(=O)[C@H](CCC2CCC(C(F)(F)F)CC2)NC(=O)CN(C)C(=O)[C@H](CC2CCC(Cl)CC2)N(C)C(=O)CN(C)C(=O)CN(C)C1=O. The Bertz CT molecular complexity index is 2830. The van der Waals surface area contributed by atoms with Gasteiger partial charge in [-0.15, -0.1) is 11.6 Å². The Morgan fingerprint density at radius 2 is 1.10 bits per heavy atom. The Hall–Kier alpha value is -6.32. The first kappa shape index (κ1) is 86.3. The topological polar surface area (TPSA) is 288 Å². The summed E-state index contributed by atoms with van der Waals surface area (Å²) in [6.45, 7) is 11.4. The molecule has 5 aliphatic rings. The largest absolute Gasteiger partial charge is 0.391 e. The fraction of sp³-hybridized carbons (Fsp3) is 0.836. The second-order valence-electron chi connectivity index (χ2n) is 30.9. The van der Waals surface area contributed by atoms with Crippen LogP contribution in [-0.4, -0.2) is 265 Å². The van der Waals surface area contributed by atoms with E-state index in [2.05, 4.69) is 21.3 Å². The van der Waals surface area contributed by atoms with Crippen molar-refractivity contribution in [3.05, 3.63) is 0 Å². The molecule has 4 N–H and O–H groups in total. The van der Waals surface area contributed by atoms with E-state index in [-0.39, 0.29) is 106 Å². The summed E-state index contributed by atoms with van der Waals surface area (Å²) in [4.78, 5) is 187. The number of nitrogens with zero attached hydrogens (tertiary/aromatic N) is 8. The highest BCUT2D eigenvalue weighted by Crippen LogP contribution is 2.41. The van der Waals surface area contributed by atoms with Crippen molar-refractivity contribution in [3.63, 3.8) is 0 Å². The van der Waals surface area contributed by atoms with Gasteiger partial charge in [-0.3, -0.25) is 57.5 Å². The molecule has 9 atom stereocenters. The van der Waals surface area contributed by atoms with Gasteiger partial charge in [-0.2, -0.15) is 13.2 Å². The molecule has 3 saturated carbocycles. The zero-order valence-corrected chi connectivity index (χ0v) is 64.1. The lowest BCUT2D eigenvalue weighted by Gasteiger charge is -2.38. The molecule has 2 saturated heterocycles. The Kier molecular flexibility index (Phi) is 34.5. The van der Waals surface area contributed by atoms with Crippen molar-refractivity contribution in [1.82, 2.24) is 60.5 Å². The second kappa shape index (κ2) is 40.8. The molecular weight excluding hydrogens is 1350 g/mol. The fourth-order valence-electron chi connectivity index (χ4n) is 14.6. The van der Waals surface area contributed by atoms with Crippen LogP contribution < -0.4 is 21.3 Å². The van der Waals surface area contributed by atoms with E-state index in [0.29, 0.717) is 64.5 Å². The monoisotopic (exact) mass is 1470 g/mol. The lowest BCUT2D eigenvalue weighted by Crippen LogP contribution is -2.61. The summed E-state index contributed by atoms with van der Waals surface area (Å²) in [5.74, 6) is -10.8. The highest BCUT2D eigenvalue weighted by molar-refractivity contribution is 6.20. The van der Waals surface area contributed by atoms with E-state index in [1.165, 1.54) is 71.0 Å². The van der Waals surface area contributed by atoms with Gasteiger partial charge in [0.2, 0.25) is 70.9 Å². The molecule has 12 amide bonds. The van der Waals surface area contributed by atoms with Gasteiger partial charge in [0.05, 0.1) is 38.6 Å². The van der Waals surface area contributed by atoms with Crippen LogP contribution in [0.1, 0.15) is 196 Å². The molecule has 3 aliphatic carbocycles. The highest BCUT2D eigenvalue weighted by Gasteiger charge is 2.45. The van der Waals surface area contributed by atoms with Gasteiger partial charge in [-0.05, 0) is 145 Å². The molecule has 580 valence electrons. The molecule has 2 aliphatic heterocycles. The maximum atomic E-state index is 15.6. The third-order valence-electron chi connectivity index (χ3n) is 22.1. The molecule has 0 aromatic rings. The predicted octanol–water partition coefficient (Wildman–Crippen LogP) is 6.12. The minimum atomic E-state index is -4.38. The van der Waals surface area contributed by atoms with E-state index < -0.39 is 163 Å². The molecule has 5 fully saturated rings. The predicted molar refractivity (Wildman–Crippen MR) is 380 cm³/mol. The van der Waals surface area contributed by atoms with Crippen molar-refractivity contribution in [2.24, 2.45) is 41.4 Å². The molecule has 29 heteroatoms. The van der Waals surface area contributed by atoms with Crippen LogP contribution in [0.4, 0.5) is 13.2 Å². The van der Waals surface area contributed by atoms with Crippen molar-refractivity contribution in [2.45, 2.75) is 256 Å². The van der Waals surface area contributed by atoms with Crippen LogP contribution in [0.3, 0.4) is 0 Å². The number of nitrogens with one attached hydrogen (secondary N) is 4. The molecule has 0 spiro atoms. The van der Waals surface area contributed by atoms with Crippen LogP contribution in [0.5, 0.6) is 0 Å². The molecule has 0 aromatic carbocycles. The number of hydrogen-bond acceptors (Lipinski definition) is 13. The summed E-state index contributed by atoms with van der Waals surface area (Å²) in [6, 6.07) is -10.5. The number of likely N-dealkylation sites (tertiary alicyclic amines) is 1. The van der Waals surface area contributed by atoms with Gasteiger partial charge in [0.25, 0.3) is 0 Å². The number of likely N-dealkylation sites (N-methyl/N-ethyl adjacent to an activating group) is 7. The van der Waals surface area contributed by atoms with Crippen molar-refractivity contribution in [1.29, 1.82) is 0 Å². The van der Waals surface area contributed by atoms with Crippen LogP contribution in [0, 0.1) is 41.4 Å². The van der Waals surface area contributed by atoms with Gasteiger partial charge in [0.1, 0.15) is 48.3 Å². The summed E-state index contributed by atoms with van der Waals surface area (Å²) in [5, 5.41) is 11.2. The van der Waals surface area contributed by atoms with E-state index in [0.717, 1.165) is 51.7 Å². The maximum absolute atomic E-state index is 15.6. The fourth-order valence-corrected chi connectivity index (χ4v) is 14.9. The van der Waals surface area contributed by atoms with Gasteiger partial charge in [0, 0.05) is 74.4 Å². The lowest BCUT2D eigenvalue weighted by molar-refractivity contribution is -0.184. The van der Waals surface area contributed by atoms with Crippen LogP contribution in [0.15, 0.2) is 0 Å². The highest BCUT2D eigenvalue weighted by atomic mass is 35.5. The quantitative estimate of drug-likeness (QED) is 0.0945. The Morgan fingerprint density at radius 3 is 1.68 bits per heavy atom. The average molecular weight is 1470 g/mol.